The van der Waals surface area contributed by atoms with Crippen LogP contribution in [0.5, 0.6) is 0 Å². The van der Waals surface area contributed by atoms with Gasteiger partial charge in [-0.1, -0.05) is 12.1 Å². The smallest absolute Gasteiger partial charge is 0.154 e. The highest BCUT2D eigenvalue weighted by Gasteiger charge is 2.14. The van der Waals surface area contributed by atoms with E-state index in [9.17, 15) is 0 Å². The molecule has 1 saturated heterocycles. The maximum atomic E-state index is 8.93. The van der Waals surface area contributed by atoms with Gasteiger partial charge in [0.1, 0.15) is 5.82 Å². The van der Waals surface area contributed by atoms with E-state index < -0.39 is 0 Å². The fraction of sp³-hybridized carbons (Fsp3) is 0.278. The third-order valence-corrected chi connectivity index (χ3v) is 4.32. The van der Waals surface area contributed by atoms with E-state index in [0.29, 0.717) is 11.6 Å². The SMILES string of the molecule is N#Cc1ccc(-c2cnc3ccc(N[C@H]4CCCNC4)nn23)cc1. The highest BCUT2D eigenvalue weighted by Crippen LogP contribution is 2.21. The molecule has 0 radical (unpaired) electrons. The predicted molar refractivity (Wildman–Crippen MR) is 92.7 cm³/mol. The molecule has 0 amide bonds. The van der Waals surface area contributed by atoms with E-state index in [1.807, 2.05) is 47.1 Å². The second kappa shape index (κ2) is 6.30. The number of hydrogen-bond donors (Lipinski definition) is 2. The standard InChI is InChI=1S/C18H18N6/c19-10-13-3-5-14(6-4-13)16-12-21-18-8-7-17(23-24(16)18)22-15-2-1-9-20-11-15/h3-8,12,15,20H,1-2,9,11H2,(H,22,23)/t15-/m0/s1. The first kappa shape index (κ1) is 14.7. The Kier molecular flexibility index (Phi) is 3.85. The van der Waals surface area contributed by atoms with Crippen LogP contribution in [0.2, 0.25) is 0 Å². The molecule has 6 heteroatoms. The van der Waals surface area contributed by atoms with Crippen LogP contribution in [0.1, 0.15) is 18.4 Å². The minimum Gasteiger partial charge on any atom is -0.365 e. The molecule has 0 aliphatic carbocycles. The van der Waals surface area contributed by atoms with Gasteiger partial charge in [0.25, 0.3) is 0 Å². The highest BCUT2D eigenvalue weighted by atomic mass is 15.3. The molecule has 0 unspecified atom stereocenters. The van der Waals surface area contributed by atoms with Gasteiger partial charge in [0.05, 0.1) is 23.5 Å². The summed E-state index contributed by atoms with van der Waals surface area (Å²) in [5.74, 6) is 0.851. The van der Waals surface area contributed by atoms with Crippen molar-refractivity contribution < 1.29 is 0 Å². The van der Waals surface area contributed by atoms with Crippen molar-refractivity contribution in [2.24, 2.45) is 0 Å². The summed E-state index contributed by atoms with van der Waals surface area (Å²) in [7, 11) is 0. The Labute approximate surface area is 140 Å². The summed E-state index contributed by atoms with van der Waals surface area (Å²) in [6.45, 7) is 2.06. The molecule has 0 bridgehead atoms. The van der Waals surface area contributed by atoms with Gasteiger partial charge in [-0.15, -0.1) is 5.10 Å². The summed E-state index contributed by atoms with van der Waals surface area (Å²) in [5.41, 5.74) is 3.36. The van der Waals surface area contributed by atoms with E-state index >= 15 is 0 Å². The normalized spacial score (nSPS) is 17.5. The molecule has 1 aliphatic rings. The van der Waals surface area contributed by atoms with Gasteiger partial charge in [-0.3, -0.25) is 0 Å². The summed E-state index contributed by atoms with van der Waals surface area (Å²) >= 11 is 0. The Hall–Kier alpha value is -2.91. The summed E-state index contributed by atoms with van der Waals surface area (Å²) in [4.78, 5) is 4.42. The quantitative estimate of drug-likeness (QED) is 0.775. The zero-order chi connectivity index (χ0) is 16.4. The lowest BCUT2D eigenvalue weighted by Gasteiger charge is -2.24. The Balaban J connectivity index is 1.66. The van der Waals surface area contributed by atoms with Crippen molar-refractivity contribution in [3.05, 3.63) is 48.2 Å². The van der Waals surface area contributed by atoms with E-state index in [-0.39, 0.29) is 0 Å². The van der Waals surface area contributed by atoms with Gasteiger partial charge in [0.2, 0.25) is 0 Å². The number of nitrogens with zero attached hydrogens (tertiary/aromatic N) is 4. The molecule has 3 heterocycles. The van der Waals surface area contributed by atoms with E-state index in [0.717, 1.165) is 42.2 Å². The summed E-state index contributed by atoms with van der Waals surface area (Å²) < 4.78 is 1.85. The van der Waals surface area contributed by atoms with Crippen LogP contribution < -0.4 is 10.6 Å². The molecule has 1 atom stereocenters. The number of fused-ring (bicyclic) bond motifs is 1. The molecule has 1 aromatic carbocycles. The number of anilines is 1. The number of hydrogen-bond acceptors (Lipinski definition) is 5. The van der Waals surface area contributed by atoms with E-state index in [2.05, 4.69) is 21.7 Å². The number of aromatic nitrogens is 3. The topological polar surface area (TPSA) is 78.0 Å². The molecule has 120 valence electrons. The second-order valence-corrected chi connectivity index (χ2v) is 6.01. The van der Waals surface area contributed by atoms with Gasteiger partial charge < -0.3 is 10.6 Å². The average Bonchev–Trinajstić information content (AvgIpc) is 3.06. The molecule has 0 saturated carbocycles. The number of rotatable bonds is 3. The zero-order valence-electron chi connectivity index (χ0n) is 13.2. The minimum absolute atomic E-state index is 0.408. The third kappa shape index (κ3) is 2.82. The lowest BCUT2D eigenvalue weighted by Crippen LogP contribution is -2.38. The van der Waals surface area contributed by atoms with Crippen LogP contribution in [0.4, 0.5) is 5.82 Å². The molecular formula is C18H18N6. The fourth-order valence-electron chi connectivity index (χ4n) is 3.05. The molecule has 24 heavy (non-hydrogen) atoms. The fourth-order valence-corrected chi connectivity index (χ4v) is 3.05. The van der Waals surface area contributed by atoms with Crippen molar-refractivity contribution in [3.8, 4) is 17.3 Å². The second-order valence-electron chi connectivity index (χ2n) is 6.01. The van der Waals surface area contributed by atoms with Crippen LogP contribution in [0.25, 0.3) is 16.9 Å². The first-order valence-electron chi connectivity index (χ1n) is 8.16. The maximum absolute atomic E-state index is 8.93. The van der Waals surface area contributed by atoms with Crippen molar-refractivity contribution >= 4 is 11.5 Å². The molecule has 2 aromatic heterocycles. The largest absolute Gasteiger partial charge is 0.365 e. The summed E-state index contributed by atoms with van der Waals surface area (Å²) in [5, 5.41) is 20.5. The summed E-state index contributed by atoms with van der Waals surface area (Å²) in [6, 6.07) is 14.0. The van der Waals surface area contributed by atoms with Crippen LogP contribution in [0.15, 0.2) is 42.6 Å². The number of imidazole rings is 1. The third-order valence-electron chi connectivity index (χ3n) is 4.32. The molecule has 6 nitrogen and oxygen atoms in total. The van der Waals surface area contributed by atoms with E-state index in [4.69, 9.17) is 10.4 Å². The predicted octanol–water partition coefficient (Wildman–Crippen LogP) is 2.43. The van der Waals surface area contributed by atoms with Crippen molar-refractivity contribution in [2.75, 3.05) is 18.4 Å². The van der Waals surface area contributed by atoms with Crippen molar-refractivity contribution in [1.29, 1.82) is 5.26 Å². The lowest BCUT2D eigenvalue weighted by atomic mass is 10.1. The Morgan fingerprint density at radius 3 is 2.83 bits per heavy atom. The molecule has 0 spiro atoms. The number of piperidine rings is 1. The molecule has 3 aromatic rings. The van der Waals surface area contributed by atoms with Crippen molar-refractivity contribution in [2.45, 2.75) is 18.9 Å². The maximum Gasteiger partial charge on any atom is 0.154 e. The Bertz CT molecular complexity index is 884. The van der Waals surface area contributed by atoms with Crippen molar-refractivity contribution in [1.82, 2.24) is 19.9 Å². The first-order valence-corrected chi connectivity index (χ1v) is 8.16. The number of benzene rings is 1. The van der Waals surface area contributed by atoms with Crippen LogP contribution in [-0.4, -0.2) is 33.7 Å². The number of nitriles is 1. The van der Waals surface area contributed by atoms with E-state index in [1.165, 1.54) is 6.42 Å². The van der Waals surface area contributed by atoms with Gasteiger partial charge >= 0.3 is 0 Å². The Morgan fingerprint density at radius 2 is 2.08 bits per heavy atom. The van der Waals surface area contributed by atoms with Gasteiger partial charge in [-0.05, 0) is 43.7 Å². The molecule has 1 aliphatic heterocycles. The zero-order valence-corrected chi connectivity index (χ0v) is 13.2. The molecular weight excluding hydrogens is 300 g/mol. The van der Waals surface area contributed by atoms with Crippen molar-refractivity contribution in [3.63, 3.8) is 0 Å². The van der Waals surface area contributed by atoms with Crippen LogP contribution in [0.3, 0.4) is 0 Å². The van der Waals surface area contributed by atoms with Crippen LogP contribution in [0, 0.1) is 11.3 Å². The van der Waals surface area contributed by atoms with Gasteiger partial charge in [0, 0.05) is 18.2 Å². The van der Waals surface area contributed by atoms with Gasteiger partial charge in [0.15, 0.2) is 5.65 Å². The van der Waals surface area contributed by atoms with Crippen LogP contribution in [-0.2, 0) is 0 Å². The Morgan fingerprint density at radius 1 is 1.21 bits per heavy atom. The lowest BCUT2D eigenvalue weighted by molar-refractivity contribution is 0.478. The minimum atomic E-state index is 0.408. The monoisotopic (exact) mass is 318 g/mol. The summed E-state index contributed by atoms with van der Waals surface area (Å²) in [6.07, 6.45) is 4.15. The van der Waals surface area contributed by atoms with E-state index in [1.54, 1.807) is 0 Å². The molecule has 1 fully saturated rings. The molecule has 2 N–H and O–H groups in total. The van der Waals surface area contributed by atoms with Gasteiger partial charge in [-0.2, -0.15) is 5.26 Å². The van der Waals surface area contributed by atoms with Crippen LogP contribution >= 0.6 is 0 Å². The molecule has 4 rings (SSSR count). The number of nitrogens with one attached hydrogen (secondary N) is 2. The first-order chi connectivity index (χ1) is 11.8. The average molecular weight is 318 g/mol. The highest BCUT2D eigenvalue weighted by molar-refractivity contribution is 5.64. The van der Waals surface area contributed by atoms with Gasteiger partial charge in [-0.25, -0.2) is 9.50 Å².